The molecular weight excluding hydrogens is 446 g/mol. The third-order valence-electron chi connectivity index (χ3n) is 6.50. The highest BCUT2D eigenvalue weighted by Crippen LogP contribution is 2.45. The van der Waals surface area contributed by atoms with Crippen LogP contribution in [0.25, 0.3) is 44.3 Å². The van der Waals surface area contributed by atoms with Crippen LogP contribution in [0.1, 0.15) is 38.8 Å². The highest BCUT2D eigenvalue weighted by atomic mass is 28.4. The van der Waals surface area contributed by atoms with Crippen molar-refractivity contribution in [2.45, 2.75) is 47.1 Å². The number of para-hydroxylation sites is 2. The minimum Gasteiger partial charge on any atom is -0.539 e. The largest absolute Gasteiger partial charge is 0.539 e. The second-order valence-electron chi connectivity index (χ2n) is 10.7. The predicted octanol–water partition coefficient (Wildman–Crippen LogP) is 8.02. The number of rotatable bonds is 2. The van der Waals surface area contributed by atoms with Gasteiger partial charge >= 0.3 is 0 Å². The van der Waals surface area contributed by atoms with Crippen LogP contribution in [0.15, 0.2) is 71.3 Å². The van der Waals surface area contributed by atoms with Gasteiger partial charge in [-0.25, -0.2) is 0 Å². The van der Waals surface area contributed by atoms with E-state index in [9.17, 15) is 0 Å². The second-order valence-corrected chi connectivity index (χ2v) is 14.5. The van der Waals surface area contributed by atoms with Crippen LogP contribution in [-0.2, 0) is 6.37 Å². The summed E-state index contributed by atoms with van der Waals surface area (Å²) in [5.74, 6) is 0.690. The maximum absolute atomic E-state index is 8.93. The summed E-state index contributed by atoms with van der Waals surface area (Å²) >= 11 is 0. The molecule has 0 spiro atoms. The van der Waals surface area contributed by atoms with E-state index in [0.29, 0.717) is 17.0 Å². The lowest BCUT2D eigenvalue weighted by molar-refractivity contribution is 0.410. The normalized spacial score (nSPS) is 17.5. The molecule has 3 nitrogen and oxygen atoms in total. The quantitative estimate of drug-likeness (QED) is 0.239. The molecule has 0 fully saturated rings. The summed E-state index contributed by atoms with van der Waals surface area (Å²) < 4.78 is 55.1. The van der Waals surface area contributed by atoms with Gasteiger partial charge in [-0.15, -0.1) is 0 Å². The Hall–Kier alpha value is -3.37. The summed E-state index contributed by atoms with van der Waals surface area (Å²) in [4.78, 5) is 4.56. The molecule has 6 rings (SSSR count). The molecule has 1 aliphatic heterocycles. The molecule has 0 atom stereocenters. The molecule has 0 unspecified atom stereocenters. The third-order valence-corrected chi connectivity index (χ3v) is 8.94. The van der Waals surface area contributed by atoms with E-state index in [-0.39, 0.29) is 11.1 Å². The van der Waals surface area contributed by atoms with Crippen molar-refractivity contribution in [2.75, 3.05) is 0 Å². The number of nitrogens with zero attached hydrogens (tertiary/aromatic N) is 1. The molecule has 3 aromatic carbocycles. The lowest BCUT2D eigenvalue weighted by Gasteiger charge is -2.35. The molecule has 4 heteroatoms. The molecule has 0 aliphatic carbocycles. The van der Waals surface area contributed by atoms with Crippen molar-refractivity contribution in [1.82, 2.24) is 4.98 Å². The number of aromatic nitrogens is 1. The zero-order valence-electron chi connectivity index (χ0n) is 25.6. The van der Waals surface area contributed by atoms with Gasteiger partial charge in [-0.05, 0) is 77.9 Å². The molecule has 1 aliphatic rings. The smallest absolute Gasteiger partial charge is 0.278 e. The van der Waals surface area contributed by atoms with E-state index in [2.05, 4.69) is 30.2 Å². The Balaban J connectivity index is 1.61. The van der Waals surface area contributed by atoms with Crippen LogP contribution in [0.2, 0.25) is 13.1 Å². The van der Waals surface area contributed by atoms with Crippen molar-refractivity contribution in [3.05, 3.63) is 78.0 Å². The third kappa shape index (κ3) is 3.59. The number of furan rings is 1. The van der Waals surface area contributed by atoms with Crippen LogP contribution in [0.3, 0.4) is 0 Å². The standard InChI is InChI=1S/C31H31NO2Si/c1-19-18-32-25(16-20(19)17-31(2,3)4)23-12-9-11-21-22-14-15-27-28(24-10-7-8-13-26(24)33-27)30(22)35(5,6)34-29(21)23/h7-16,18H,17H2,1-6H3/i1D3,17D2. The molecule has 2 aromatic heterocycles. The highest BCUT2D eigenvalue weighted by Gasteiger charge is 2.39. The summed E-state index contributed by atoms with van der Waals surface area (Å²) in [5, 5.41) is 3.32. The first-order valence-electron chi connectivity index (χ1n) is 14.4. The molecule has 0 saturated carbocycles. The molecule has 5 aromatic rings. The van der Waals surface area contributed by atoms with Gasteiger partial charge in [-0.3, -0.25) is 4.98 Å². The number of hydrogen-bond acceptors (Lipinski definition) is 3. The van der Waals surface area contributed by atoms with Gasteiger partial charge < -0.3 is 8.84 Å². The Morgan fingerprint density at radius 2 is 1.74 bits per heavy atom. The summed E-state index contributed by atoms with van der Waals surface area (Å²) in [6.07, 6.45) is -0.611. The molecular formula is C31H31NO2Si. The number of benzene rings is 3. The number of aryl methyl sites for hydroxylation is 1. The van der Waals surface area contributed by atoms with Crippen LogP contribution >= 0.6 is 0 Å². The Morgan fingerprint density at radius 3 is 2.54 bits per heavy atom. The van der Waals surface area contributed by atoms with Crippen molar-refractivity contribution < 1.29 is 15.7 Å². The summed E-state index contributed by atoms with van der Waals surface area (Å²) in [5.41, 5.74) is 4.09. The lowest BCUT2D eigenvalue weighted by Crippen LogP contribution is -2.51. The fourth-order valence-electron chi connectivity index (χ4n) is 5.14. The van der Waals surface area contributed by atoms with Crippen LogP contribution in [-0.4, -0.2) is 13.3 Å². The monoisotopic (exact) mass is 482 g/mol. The summed E-state index contributed by atoms with van der Waals surface area (Å²) in [6.45, 7) is 7.15. The maximum atomic E-state index is 8.93. The Bertz CT molecular complexity index is 1820. The Labute approximate surface area is 214 Å². The number of fused-ring (bicyclic) bond motifs is 7. The molecule has 0 radical (unpaired) electrons. The van der Waals surface area contributed by atoms with E-state index in [4.69, 9.17) is 15.7 Å². The van der Waals surface area contributed by atoms with Crippen molar-refractivity contribution in [3.63, 3.8) is 0 Å². The molecule has 0 bridgehead atoms. The van der Waals surface area contributed by atoms with Gasteiger partial charge in [0.2, 0.25) is 0 Å². The van der Waals surface area contributed by atoms with Gasteiger partial charge in [0.1, 0.15) is 16.9 Å². The van der Waals surface area contributed by atoms with Crippen LogP contribution < -0.4 is 9.61 Å². The van der Waals surface area contributed by atoms with E-state index < -0.39 is 27.0 Å². The first-order chi connectivity index (χ1) is 18.6. The molecule has 0 saturated heterocycles. The average Bonchev–Trinajstić information content (AvgIpc) is 3.25. The van der Waals surface area contributed by atoms with Gasteiger partial charge in [0.15, 0.2) is 0 Å². The van der Waals surface area contributed by atoms with Crippen molar-refractivity contribution in [2.24, 2.45) is 5.41 Å². The second kappa shape index (κ2) is 7.56. The summed E-state index contributed by atoms with van der Waals surface area (Å²) in [6, 6.07) is 19.6. The highest BCUT2D eigenvalue weighted by molar-refractivity contribution is 6.89. The SMILES string of the molecule is [2H]C([2H])([2H])c1cnc(-c2cccc3c2O[Si](C)(C)c2c-3ccc3oc4ccccc4c23)cc1C([2H])([2H])C(C)(C)C. The average molecular weight is 483 g/mol. The molecule has 176 valence electrons. The van der Waals surface area contributed by atoms with Gasteiger partial charge in [0.05, 0.1) is 5.69 Å². The summed E-state index contributed by atoms with van der Waals surface area (Å²) in [7, 11) is -2.54. The Morgan fingerprint density at radius 1 is 0.943 bits per heavy atom. The predicted molar refractivity (Wildman–Crippen MR) is 148 cm³/mol. The van der Waals surface area contributed by atoms with Crippen LogP contribution in [0, 0.1) is 12.3 Å². The lowest BCUT2D eigenvalue weighted by atomic mass is 9.86. The van der Waals surface area contributed by atoms with E-state index >= 15 is 0 Å². The first-order valence-corrected chi connectivity index (χ1v) is 14.8. The fraction of sp³-hybridized carbons (Fsp3) is 0.258. The molecule has 0 amide bonds. The van der Waals surface area contributed by atoms with Crippen molar-refractivity contribution in [3.8, 4) is 28.1 Å². The van der Waals surface area contributed by atoms with E-state index in [0.717, 1.165) is 33.1 Å². The van der Waals surface area contributed by atoms with E-state index in [1.54, 1.807) is 26.8 Å². The molecule has 0 N–H and O–H groups in total. The topological polar surface area (TPSA) is 35.3 Å². The first kappa shape index (κ1) is 17.1. The van der Waals surface area contributed by atoms with Gasteiger partial charge in [-0.2, -0.15) is 0 Å². The zero-order chi connectivity index (χ0) is 28.8. The minimum absolute atomic E-state index is 0.0730. The van der Waals surface area contributed by atoms with Gasteiger partial charge in [-0.1, -0.05) is 57.2 Å². The number of pyridine rings is 1. The fourth-order valence-corrected chi connectivity index (χ4v) is 7.70. The van der Waals surface area contributed by atoms with Crippen molar-refractivity contribution >= 4 is 35.4 Å². The molecule has 3 heterocycles. The van der Waals surface area contributed by atoms with Crippen molar-refractivity contribution in [1.29, 1.82) is 0 Å². The van der Waals surface area contributed by atoms with Crippen LogP contribution in [0.5, 0.6) is 5.75 Å². The molecule has 35 heavy (non-hydrogen) atoms. The van der Waals surface area contributed by atoms with Gasteiger partial charge in [0.25, 0.3) is 8.32 Å². The van der Waals surface area contributed by atoms with Crippen LogP contribution in [0.4, 0.5) is 0 Å². The Kier molecular flexibility index (Phi) is 3.70. The van der Waals surface area contributed by atoms with E-state index in [1.165, 1.54) is 11.4 Å². The maximum Gasteiger partial charge on any atom is 0.278 e. The van der Waals surface area contributed by atoms with E-state index in [1.807, 2.05) is 42.5 Å². The minimum atomic E-state index is -2.54. The van der Waals surface area contributed by atoms with Gasteiger partial charge in [0, 0.05) is 34.9 Å². The zero-order valence-corrected chi connectivity index (χ0v) is 21.6. The number of hydrogen-bond donors (Lipinski definition) is 0.